The largest absolute Gasteiger partial charge is 0.391 e. The van der Waals surface area contributed by atoms with E-state index in [1.807, 2.05) is 13.8 Å². The molecule has 1 aromatic rings. The first-order chi connectivity index (χ1) is 8.60. The summed E-state index contributed by atoms with van der Waals surface area (Å²) < 4.78 is 27.2. The first-order valence-corrected chi connectivity index (χ1v) is 8.60. The summed E-state index contributed by atoms with van der Waals surface area (Å²) in [7, 11) is -3.50. The van der Waals surface area contributed by atoms with Crippen LogP contribution in [-0.4, -0.2) is 20.1 Å². The number of rotatable bonds is 6. The van der Waals surface area contributed by atoms with Gasteiger partial charge in [-0.1, -0.05) is 27.7 Å². The summed E-state index contributed by atoms with van der Waals surface area (Å²) in [4.78, 5) is 1.65. The molecule has 0 spiro atoms. The molecule has 0 fully saturated rings. The lowest BCUT2D eigenvalue weighted by Crippen LogP contribution is -2.37. The van der Waals surface area contributed by atoms with Gasteiger partial charge in [-0.15, -0.1) is 11.3 Å². The molecule has 0 bridgehead atoms. The summed E-state index contributed by atoms with van der Waals surface area (Å²) in [5.74, 6) is 0.381. The van der Waals surface area contributed by atoms with E-state index in [-0.39, 0.29) is 16.9 Å². The number of thiophene rings is 1. The molecule has 6 heteroatoms. The predicted octanol–water partition coefficient (Wildman–Crippen LogP) is 2.51. The third-order valence-corrected chi connectivity index (χ3v) is 6.34. The number of aliphatic hydroxyl groups excluding tert-OH is 1. The second-order valence-corrected chi connectivity index (χ2v) is 8.84. The monoisotopic (exact) mass is 305 g/mol. The van der Waals surface area contributed by atoms with Gasteiger partial charge in [0, 0.05) is 16.3 Å². The average molecular weight is 305 g/mol. The summed E-state index contributed by atoms with van der Waals surface area (Å²) in [5, 5.41) is 9.07. The van der Waals surface area contributed by atoms with Gasteiger partial charge in [-0.25, -0.2) is 13.1 Å². The van der Waals surface area contributed by atoms with Crippen molar-refractivity contribution in [2.45, 2.75) is 46.1 Å². The van der Waals surface area contributed by atoms with Crippen molar-refractivity contribution < 1.29 is 13.5 Å². The first-order valence-electron chi connectivity index (χ1n) is 6.30. The molecule has 1 aromatic heterocycles. The Hall–Kier alpha value is -0.430. The van der Waals surface area contributed by atoms with Crippen molar-refractivity contribution in [2.75, 3.05) is 6.54 Å². The van der Waals surface area contributed by atoms with Gasteiger partial charge in [0.1, 0.15) is 0 Å². The number of nitrogens with one attached hydrogen (secondary N) is 1. The molecule has 0 atom stereocenters. The summed E-state index contributed by atoms with van der Waals surface area (Å²) >= 11 is 1.31. The van der Waals surface area contributed by atoms with Crippen LogP contribution in [0.4, 0.5) is 0 Å². The van der Waals surface area contributed by atoms with Gasteiger partial charge in [-0.3, -0.25) is 0 Å². The number of sulfonamides is 1. The van der Waals surface area contributed by atoms with Crippen molar-refractivity contribution in [1.29, 1.82) is 0 Å². The smallest absolute Gasteiger partial charge is 0.241 e. The van der Waals surface area contributed by atoms with E-state index in [1.165, 1.54) is 11.3 Å². The zero-order chi connectivity index (χ0) is 14.8. The molecule has 0 amide bonds. The van der Waals surface area contributed by atoms with Crippen LogP contribution in [0.2, 0.25) is 0 Å². The van der Waals surface area contributed by atoms with E-state index in [9.17, 15) is 8.42 Å². The number of aryl methyl sites for hydroxylation is 1. The van der Waals surface area contributed by atoms with Crippen LogP contribution in [0, 0.1) is 18.3 Å². The van der Waals surface area contributed by atoms with Gasteiger partial charge in [0.25, 0.3) is 0 Å². The minimum Gasteiger partial charge on any atom is -0.391 e. The standard InChI is InChI=1S/C13H23NO3S2/c1-9(2)13(4,5)8-14-19(16,17)12-6-11(7-15)18-10(12)3/h6,9,14-15H,7-8H2,1-5H3. The molecule has 0 aliphatic carbocycles. The molecule has 1 heterocycles. The molecule has 0 saturated heterocycles. The first kappa shape index (κ1) is 16.6. The van der Waals surface area contributed by atoms with Crippen LogP contribution in [-0.2, 0) is 16.6 Å². The van der Waals surface area contributed by atoms with Crippen molar-refractivity contribution in [2.24, 2.45) is 11.3 Å². The Bertz CT molecular complexity index is 530. The summed E-state index contributed by atoms with van der Waals surface area (Å²) in [6.45, 7) is 10.3. The molecule has 2 N–H and O–H groups in total. The SMILES string of the molecule is Cc1sc(CO)cc1S(=O)(=O)NCC(C)(C)C(C)C. The Morgan fingerprint density at radius 3 is 2.42 bits per heavy atom. The lowest BCUT2D eigenvalue weighted by Gasteiger charge is -2.29. The Balaban J connectivity index is 2.90. The average Bonchev–Trinajstić information content (AvgIpc) is 2.69. The number of aliphatic hydroxyl groups is 1. The van der Waals surface area contributed by atoms with E-state index < -0.39 is 10.0 Å². The van der Waals surface area contributed by atoms with Crippen LogP contribution < -0.4 is 4.72 Å². The van der Waals surface area contributed by atoms with Crippen molar-refractivity contribution in [3.63, 3.8) is 0 Å². The molecule has 0 aliphatic rings. The quantitative estimate of drug-likeness (QED) is 0.848. The molecule has 1 rings (SSSR count). The third-order valence-electron chi connectivity index (χ3n) is 3.65. The molecular formula is C13H23NO3S2. The van der Waals surface area contributed by atoms with Crippen LogP contribution in [0.1, 0.15) is 37.4 Å². The lowest BCUT2D eigenvalue weighted by molar-refractivity contribution is 0.252. The van der Waals surface area contributed by atoms with Gasteiger partial charge in [-0.05, 0) is 24.3 Å². The maximum absolute atomic E-state index is 12.3. The summed E-state index contributed by atoms with van der Waals surface area (Å²) in [6.07, 6.45) is 0. The molecular weight excluding hydrogens is 282 g/mol. The highest BCUT2D eigenvalue weighted by Gasteiger charge is 2.26. The molecule has 0 saturated carbocycles. The van der Waals surface area contributed by atoms with Gasteiger partial charge < -0.3 is 5.11 Å². The van der Waals surface area contributed by atoms with Crippen LogP contribution in [0.25, 0.3) is 0 Å². The third kappa shape index (κ3) is 4.02. The van der Waals surface area contributed by atoms with Gasteiger partial charge >= 0.3 is 0 Å². The van der Waals surface area contributed by atoms with Gasteiger partial charge in [0.2, 0.25) is 10.0 Å². The van der Waals surface area contributed by atoms with E-state index in [4.69, 9.17) is 5.11 Å². The minimum absolute atomic E-state index is 0.100. The van der Waals surface area contributed by atoms with Crippen LogP contribution in [0.15, 0.2) is 11.0 Å². The van der Waals surface area contributed by atoms with E-state index >= 15 is 0 Å². The van der Waals surface area contributed by atoms with Crippen molar-refractivity contribution in [3.05, 3.63) is 15.8 Å². The fourth-order valence-corrected chi connectivity index (χ4v) is 4.15. The van der Waals surface area contributed by atoms with E-state index in [0.717, 1.165) is 0 Å². The molecule has 0 aliphatic heterocycles. The Labute approximate surface area is 119 Å². The van der Waals surface area contributed by atoms with Crippen molar-refractivity contribution in [3.8, 4) is 0 Å². The fourth-order valence-electron chi connectivity index (χ4n) is 1.43. The second kappa shape index (κ2) is 5.91. The zero-order valence-corrected chi connectivity index (χ0v) is 13.8. The molecule has 0 radical (unpaired) electrons. The predicted molar refractivity (Wildman–Crippen MR) is 78.8 cm³/mol. The van der Waals surface area contributed by atoms with E-state index in [2.05, 4.69) is 18.6 Å². The highest BCUT2D eigenvalue weighted by Crippen LogP contribution is 2.28. The second-order valence-electron chi connectivity index (χ2n) is 5.76. The van der Waals surface area contributed by atoms with Gasteiger partial charge in [0.05, 0.1) is 11.5 Å². The summed E-state index contributed by atoms with van der Waals surface area (Å²) in [5.41, 5.74) is -0.100. The molecule has 19 heavy (non-hydrogen) atoms. The van der Waals surface area contributed by atoms with E-state index in [0.29, 0.717) is 22.2 Å². The number of hydrogen-bond acceptors (Lipinski definition) is 4. The highest BCUT2D eigenvalue weighted by molar-refractivity contribution is 7.89. The van der Waals surface area contributed by atoms with Crippen LogP contribution in [0.5, 0.6) is 0 Å². The van der Waals surface area contributed by atoms with Crippen molar-refractivity contribution >= 4 is 21.4 Å². The lowest BCUT2D eigenvalue weighted by atomic mass is 9.81. The van der Waals surface area contributed by atoms with E-state index in [1.54, 1.807) is 13.0 Å². The van der Waals surface area contributed by atoms with Gasteiger partial charge in [0.15, 0.2) is 0 Å². The maximum Gasteiger partial charge on any atom is 0.241 e. The minimum atomic E-state index is -3.50. The maximum atomic E-state index is 12.3. The van der Waals surface area contributed by atoms with Crippen LogP contribution in [0.3, 0.4) is 0 Å². The fraction of sp³-hybridized carbons (Fsp3) is 0.692. The molecule has 110 valence electrons. The Kier molecular flexibility index (Phi) is 5.17. The molecule has 4 nitrogen and oxygen atoms in total. The van der Waals surface area contributed by atoms with Crippen LogP contribution >= 0.6 is 11.3 Å². The van der Waals surface area contributed by atoms with Crippen molar-refractivity contribution in [1.82, 2.24) is 4.72 Å². The Morgan fingerprint density at radius 2 is 2.00 bits per heavy atom. The topological polar surface area (TPSA) is 66.4 Å². The normalized spacial score (nSPS) is 13.2. The summed E-state index contributed by atoms with van der Waals surface area (Å²) in [6, 6.07) is 1.55. The zero-order valence-electron chi connectivity index (χ0n) is 12.1. The molecule has 0 unspecified atom stereocenters. The molecule has 0 aromatic carbocycles. The Morgan fingerprint density at radius 1 is 1.42 bits per heavy atom. The number of hydrogen-bond donors (Lipinski definition) is 2. The van der Waals surface area contributed by atoms with Gasteiger partial charge in [-0.2, -0.15) is 0 Å². The highest BCUT2D eigenvalue weighted by atomic mass is 32.2.